The summed E-state index contributed by atoms with van der Waals surface area (Å²) < 4.78 is 4.94. The molecule has 0 saturated carbocycles. The molecule has 1 aromatic carbocycles. The van der Waals surface area contributed by atoms with Crippen molar-refractivity contribution in [2.24, 2.45) is 5.73 Å². The maximum absolute atomic E-state index is 11.1. The molecule has 1 atom stereocenters. The Hall–Kier alpha value is -1.79. The average Bonchev–Trinajstić information content (AvgIpc) is 2.19. The number of hydrogen-bond donors (Lipinski definition) is 1. The van der Waals surface area contributed by atoms with Gasteiger partial charge < -0.3 is 10.5 Å². The fraction of sp³-hybridized carbons (Fsp3) is 0.182. The molecule has 0 saturated heterocycles. The lowest BCUT2D eigenvalue weighted by Gasteiger charge is -2.06. The summed E-state index contributed by atoms with van der Waals surface area (Å²) in [7, 11) is 0. The van der Waals surface area contributed by atoms with E-state index in [4.69, 9.17) is 16.9 Å². The molecule has 0 spiro atoms. The Balaban J connectivity index is 2.70. The first-order valence-corrected chi connectivity index (χ1v) is 4.17. The van der Waals surface area contributed by atoms with Crippen molar-refractivity contribution >= 4 is 5.97 Å². The minimum absolute atomic E-state index is 0.450. The lowest BCUT2D eigenvalue weighted by atomic mass is 10.2. The molecule has 2 N–H and O–H groups in total. The third kappa shape index (κ3) is 2.61. The quantitative estimate of drug-likeness (QED) is 0.427. The van der Waals surface area contributed by atoms with Crippen LogP contribution in [0.25, 0.3) is 0 Å². The zero-order chi connectivity index (χ0) is 10.6. The van der Waals surface area contributed by atoms with Gasteiger partial charge in [-0.3, -0.25) is 0 Å². The van der Waals surface area contributed by atoms with Crippen LogP contribution in [0.4, 0.5) is 0 Å². The van der Waals surface area contributed by atoms with Gasteiger partial charge in [0.25, 0.3) is 0 Å². The molecule has 0 bridgehead atoms. The predicted molar refractivity (Wildman–Crippen MR) is 53.7 cm³/mol. The highest BCUT2D eigenvalue weighted by Crippen LogP contribution is 2.11. The molecule has 0 heterocycles. The van der Waals surface area contributed by atoms with E-state index in [1.807, 2.05) is 0 Å². The fourth-order valence-corrected chi connectivity index (χ4v) is 0.828. The Morgan fingerprint density at radius 3 is 2.50 bits per heavy atom. The molecule has 0 aliphatic rings. The van der Waals surface area contributed by atoms with Crippen molar-refractivity contribution in [1.29, 1.82) is 0 Å². The lowest BCUT2D eigenvalue weighted by molar-refractivity contribution is -0.135. The first-order chi connectivity index (χ1) is 6.63. The van der Waals surface area contributed by atoms with Gasteiger partial charge in [0, 0.05) is 5.56 Å². The van der Waals surface area contributed by atoms with Crippen molar-refractivity contribution in [2.75, 3.05) is 0 Å². The third-order valence-corrected chi connectivity index (χ3v) is 1.61. The average molecular weight is 189 g/mol. The van der Waals surface area contributed by atoms with E-state index in [1.54, 1.807) is 31.2 Å². The molecule has 0 unspecified atom stereocenters. The van der Waals surface area contributed by atoms with Crippen LogP contribution in [0.3, 0.4) is 0 Å². The van der Waals surface area contributed by atoms with Gasteiger partial charge in [0.1, 0.15) is 11.8 Å². The molecule has 3 heteroatoms. The fourth-order valence-electron chi connectivity index (χ4n) is 0.828. The second-order valence-corrected chi connectivity index (χ2v) is 2.88. The number of ether oxygens (including phenoxy) is 1. The highest BCUT2D eigenvalue weighted by Gasteiger charge is 2.09. The van der Waals surface area contributed by atoms with Crippen LogP contribution in [0.5, 0.6) is 5.75 Å². The van der Waals surface area contributed by atoms with Crippen LogP contribution >= 0.6 is 0 Å². The molecule has 0 radical (unpaired) electrons. The van der Waals surface area contributed by atoms with Gasteiger partial charge in [-0.2, -0.15) is 0 Å². The normalized spacial score (nSPS) is 11.5. The molecule has 0 fully saturated rings. The Morgan fingerprint density at radius 1 is 1.50 bits per heavy atom. The van der Waals surface area contributed by atoms with Gasteiger partial charge in [0.15, 0.2) is 0 Å². The van der Waals surface area contributed by atoms with Crippen molar-refractivity contribution in [3.8, 4) is 18.1 Å². The second kappa shape index (κ2) is 4.45. The molecular formula is C11H11NO2. The van der Waals surface area contributed by atoms with Crippen molar-refractivity contribution in [3.63, 3.8) is 0 Å². The molecule has 3 nitrogen and oxygen atoms in total. The number of benzene rings is 1. The number of rotatable bonds is 2. The van der Waals surface area contributed by atoms with E-state index < -0.39 is 12.0 Å². The molecule has 14 heavy (non-hydrogen) atoms. The van der Waals surface area contributed by atoms with Crippen LogP contribution < -0.4 is 10.5 Å². The Labute approximate surface area is 82.9 Å². The lowest BCUT2D eigenvalue weighted by Crippen LogP contribution is -2.30. The number of hydrogen-bond acceptors (Lipinski definition) is 3. The summed E-state index contributed by atoms with van der Waals surface area (Å²) >= 11 is 0. The van der Waals surface area contributed by atoms with Crippen molar-refractivity contribution in [3.05, 3.63) is 29.8 Å². The SMILES string of the molecule is C#Cc1ccc(OC(=O)[C@H](C)N)cc1. The van der Waals surface area contributed by atoms with Gasteiger partial charge in [-0.25, -0.2) is 4.79 Å². The van der Waals surface area contributed by atoms with Crippen molar-refractivity contribution in [2.45, 2.75) is 13.0 Å². The zero-order valence-corrected chi connectivity index (χ0v) is 7.86. The highest BCUT2D eigenvalue weighted by molar-refractivity contribution is 5.77. The van der Waals surface area contributed by atoms with E-state index in [-0.39, 0.29) is 0 Å². The van der Waals surface area contributed by atoms with Crippen LogP contribution in [-0.2, 0) is 4.79 Å². The van der Waals surface area contributed by atoms with Crippen LogP contribution in [-0.4, -0.2) is 12.0 Å². The minimum atomic E-state index is -0.623. The molecule has 0 amide bonds. The summed E-state index contributed by atoms with van der Waals surface area (Å²) in [6, 6.07) is 6.04. The van der Waals surface area contributed by atoms with Crippen molar-refractivity contribution < 1.29 is 9.53 Å². The third-order valence-electron chi connectivity index (χ3n) is 1.61. The van der Waals surface area contributed by atoms with Gasteiger partial charge >= 0.3 is 5.97 Å². The van der Waals surface area contributed by atoms with Gasteiger partial charge in [-0.15, -0.1) is 6.42 Å². The van der Waals surface area contributed by atoms with E-state index in [9.17, 15) is 4.79 Å². The predicted octanol–water partition coefficient (Wildman–Crippen LogP) is 0.921. The Bertz CT molecular complexity index is 360. The topological polar surface area (TPSA) is 52.3 Å². The summed E-state index contributed by atoms with van der Waals surface area (Å²) in [5, 5.41) is 0. The molecule has 0 aliphatic carbocycles. The summed E-state index contributed by atoms with van der Waals surface area (Å²) in [5.74, 6) is 2.46. The number of carbonyl (C=O) groups excluding carboxylic acids is 1. The second-order valence-electron chi connectivity index (χ2n) is 2.88. The van der Waals surface area contributed by atoms with Gasteiger partial charge in [-0.05, 0) is 31.2 Å². The Kier molecular flexibility index (Phi) is 3.27. The maximum Gasteiger partial charge on any atom is 0.328 e. The molecule has 0 aliphatic heterocycles. The minimum Gasteiger partial charge on any atom is -0.425 e. The molecule has 0 aromatic heterocycles. The molecular weight excluding hydrogens is 178 g/mol. The van der Waals surface area contributed by atoms with Gasteiger partial charge in [0.2, 0.25) is 0 Å². The maximum atomic E-state index is 11.1. The monoisotopic (exact) mass is 189 g/mol. The summed E-state index contributed by atoms with van der Waals surface area (Å²) in [5.41, 5.74) is 6.07. The number of esters is 1. The first-order valence-electron chi connectivity index (χ1n) is 4.17. The molecule has 1 rings (SSSR count). The van der Waals surface area contributed by atoms with Crippen molar-refractivity contribution in [1.82, 2.24) is 0 Å². The number of nitrogens with two attached hydrogens (primary N) is 1. The zero-order valence-electron chi connectivity index (χ0n) is 7.86. The first kappa shape index (κ1) is 10.3. The Morgan fingerprint density at radius 2 is 2.07 bits per heavy atom. The van der Waals surface area contributed by atoms with E-state index >= 15 is 0 Å². The van der Waals surface area contributed by atoms with E-state index in [1.165, 1.54) is 0 Å². The van der Waals surface area contributed by atoms with Crippen LogP contribution in [0.1, 0.15) is 12.5 Å². The van der Waals surface area contributed by atoms with Crippen LogP contribution in [0.2, 0.25) is 0 Å². The van der Waals surface area contributed by atoms with Gasteiger partial charge in [-0.1, -0.05) is 5.92 Å². The van der Waals surface area contributed by atoms with Gasteiger partial charge in [0.05, 0.1) is 0 Å². The summed E-state index contributed by atoms with van der Waals surface area (Å²) in [6.07, 6.45) is 5.17. The summed E-state index contributed by atoms with van der Waals surface area (Å²) in [4.78, 5) is 11.1. The van der Waals surface area contributed by atoms with Crippen LogP contribution in [0, 0.1) is 12.3 Å². The highest BCUT2D eigenvalue weighted by atomic mass is 16.5. The molecule has 1 aromatic rings. The van der Waals surface area contributed by atoms with E-state index in [2.05, 4.69) is 5.92 Å². The van der Waals surface area contributed by atoms with E-state index in [0.717, 1.165) is 5.56 Å². The largest absolute Gasteiger partial charge is 0.425 e. The van der Waals surface area contributed by atoms with Crippen LogP contribution in [0.15, 0.2) is 24.3 Å². The standard InChI is InChI=1S/C11H11NO2/c1-3-9-4-6-10(7-5-9)14-11(13)8(2)12/h1,4-8H,12H2,2H3/t8-/m0/s1. The number of carbonyl (C=O) groups is 1. The molecule has 72 valence electrons. The summed E-state index contributed by atoms with van der Waals surface area (Å²) in [6.45, 7) is 1.57. The van der Waals surface area contributed by atoms with E-state index in [0.29, 0.717) is 5.75 Å². The smallest absolute Gasteiger partial charge is 0.328 e. The number of terminal acetylenes is 1.